The molecule has 1 aromatic rings. The van der Waals surface area contributed by atoms with Gasteiger partial charge in [0.1, 0.15) is 0 Å². The lowest BCUT2D eigenvalue weighted by Gasteiger charge is -2.25. The standard InChI is InChI=1S/C12H16N2O6S/c1-3-13(9(2)8-12(15)16)21(19,20)11-7-5-4-6-10(11)14(17)18/h4-7,9H,3,8H2,1-2H3,(H,15,16). The molecule has 1 aromatic carbocycles. The summed E-state index contributed by atoms with van der Waals surface area (Å²) in [4.78, 5) is 20.5. The third-order valence-electron chi connectivity index (χ3n) is 2.92. The van der Waals surface area contributed by atoms with Gasteiger partial charge in [0.05, 0.1) is 11.3 Å². The Bertz CT molecular complexity index is 643. The fourth-order valence-electron chi connectivity index (χ4n) is 2.03. The van der Waals surface area contributed by atoms with E-state index in [1.165, 1.54) is 19.1 Å². The average molecular weight is 316 g/mol. The predicted octanol–water partition coefficient (Wildman–Crippen LogP) is 1.47. The van der Waals surface area contributed by atoms with Crippen molar-refractivity contribution in [2.24, 2.45) is 0 Å². The van der Waals surface area contributed by atoms with Crippen LogP contribution in [0.1, 0.15) is 20.3 Å². The molecule has 0 saturated carbocycles. The second-order valence-electron chi connectivity index (χ2n) is 4.38. The van der Waals surface area contributed by atoms with Crippen LogP contribution in [0, 0.1) is 10.1 Å². The maximum Gasteiger partial charge on any atom is 0.304 e. The van der Waals surface area contributed by atoms with Crippen molar-refractivity contribution in [2.75, 3.05) is 6.54 Å². The van der Waals surface area contributed by atoms with Crippen molar-refractivity contribution >= 4 is 21.7 Å². The third-order valence-corrected chi connectivity index (χ3v) is 5.06. The van der Waals surface area contributed by atoms with Crippen molar-refractivity contribution in [1.29, 1.82) is 0 Å². The number of carboxylic acids is 1. The first-order chi connectivity index (χ1) is 9.71. The summed E-state index contributed by atoms with van der Waals surface area (Å²) >= 11 is 0. The predicted molar refractivity (Wildman–Crippen MR) is 74.4 cm³/mol. The Hall–Kier alpha value is -2.00. The maximum atomic E-state index is 12.5. The maximum absolute atomic E-state index is 12.5. The molecule has 1 unspecified atom stereocenters. The van der Waals surface area contributed by atoms with Crippen molar-refractivity contribution in [3.8, 4) is 0 Å². The lowest BCUT2D eigenvalue weighted by molar-refractivity contribution is -0.387. The highest BCUT2D eigenvalue weighted by Gasteiger charge is 2.33. The summed E-state index contributed by atoms with van der Waals surface area (Å²) in [5.74, 6) is -1.14. The summed E-state index contributed by atoms with van der Waals surface area (Å²) in [5, 5.41) is 19.7. The molecule has 21 heavy (non-hydrogen) atoms. The van der Waals surface area contributed by atoms with Crippen molar-refractivity contribution < 1.29 is 23.2 Å². The molecule has 0 heterocycles. The molecule has 1 atom stereocenters. The number of carbonyl (C=O) groups is 1. The molecule has 0 aliphatic carbocycles. The van der Waals surface area contributed by atoms with E-state index in [-0.39, 0.29) is 13.0 Å². The first-order valence-corrected chi connectivity index (χ1v) is 7.62. The molecule has 0 spiro atoms. The summed E-state index contributed by atoms with van der Waals surface area (Å²) in [7, 11) is -4.14. The lowest BCUT2D eigenvalue weighted by Crippen LogP contribution is -2.39. The normalized spacial score (nSPS) is 13.1. The summed E-state index contributed by atoms with van der Waals surface area (Å²) in [6, 6.07) is 4.19. The van der Waals surface area contributed by atoms with Crippen LogP contribution in [0.25, 0.3) is 0 Å². The number of hydrogen-bond donors (Lipinski definition) is 1. The van der Waals surface area contributed by atoms with E-state index in [1.807, 2.05) is 0 Å². The number of nitro groups is 1. The molecule has 9 heteroatoms. The number of para-hydroxylation sites is 1. The van der Waals surface area contributed by atoms with E-state index < -0.39 is 37.5 Å². The van der Waals surface area contributed by atoms with E-state index in [9.17, 15) is 23.3 Å². The molecule has 116 valence electrons. The highest BCUT2D eigenvalue weighted by molar-refractivity contribution is 7.89. The minimum Gasteiger partial charge on any atom is -0.481 e. The van der Waals surface area contributed by atoms with Crippen LogP contribution in [0.5, 0.6) is 0 Å². The van der Waals surface area contributed by atoms with Crippen LogP contribution < -0.4 is 0 Å². The number of sulfonamides is 1. The van der Waals surface area contributed by atoms with Gasteiger partial charge in [-0.1, -0.05) is 19.1 Å². The van der Waals surface area contributed by atoms with Crippen molar-refractivity contribution in [1.82, 2.24) is 4.31 Å². The van der Waals surface area contributed by atoms with Crippen LogP contribution in [0.15, 0.2) is 29.2 Å². The first kappa shape index (κ1) is 17.1. The highest BCUT2D eigenvalue weighted by Crippen LogP contribution is 2.27. The zero-order valence-corrected chi connectivity index (χ0v) is 12.4. The van der Waals surface area contributed by atoms with Crippen LogP contribution in [0.4, 0.5) is 5.69 Å². The first-order valence-electron chi connectivity index (χ1n) is 6.18. The zero-order valence-electron chi connectivity index (χ0n) is 11.6. The molecular formula is C12H16N2O6S. The fourth-order valence-corrected chi connectivity index (χ4v) is 3.82. The highest BCUT2D eigenvalue weighted by atomic mass is 32.2. The molecule has 0 amide bonds. The number of hydrogen-bond acceptors (Lipinski definition) is 5. The van der Waals surface area contributed by atoms with E-state index in [1.54, 1.807) is 6.92 Å². The molecule has 0 fully saturated rings. The summed E-state index contributed by atoms with van der Waals surface area (Å²) in [6.45, 7) is 3.01. The van der Waals surface area contributed by atoms with E-state index in [2.05, 4.69) is 0 Å². The second kappa shape index (κ2) is 6.64. The van der Waals surface area contributed by atoms with Crippen molar-refractivity contribution in [3.05, 3.63) is 34.4 Å². The number of carboxylic acid groups (broad SMARTS) is 1. The van der Waals surface area contributed by atoms with Gasteiger partial charge in [-0.15, -0.1) is 0 Å². The molecule has 8 nitrogen and oxygen atoms in total. The van der Waals surface area contributed by atoms with Crippen LogP contribution in [0.2, 0.25) is 0 Å². The molecule has 0 aliphatic heterocycles. The minimum absolute atomic E-state index is 0.0167. The number of nitrogens with zero attached hydrogens (tertiary/aromatic N) is 2. The van der Waals surface area contributed by atoms with E-state index in [0.717, 1.165) is 16.4 Å². The van der Waals surface area contributed by atoms with Crippen LogP contribution in [-0.4, -0.2) is 41.3 Å². The smallest absolute Gasteiger partial charge is 0.304 e. The average Bonchev–Trinajstić information content (AvgIpc) is 2.38. The number of benzene rings is 1. The molecule has 0 aromatic heterocycles. The summed E-state index contributed by atoms with van der Waals surface area (Å²) < 4.78 is 26.0. The van der Waals surface area contributed by atoms with Gasteiger partial charge in [-0.3, -0.25) is 14.9 Å². The van der Waals surface area contributed by atoms with Gasteiger partial charge in [-0.05, 0) is 13.0 Å². The third kappa shape index (κ3) is 3.76. The number of aliphatic carboxylic acids is 1. The molecule has 1 rings (SSSR count). The Labute approximate surface area is 122 Å². The van der Waals surface area contributed by atoms with Gasteiger partial charge in [-0.25, -0.2) is 8.42 Å². The van der Waals surface area contributed by atoms with Crippen molar-refractivity contribution in [3.63, 3.8) is 0 Å². The van der Waals surface area contributed by atoms with Gasteiger partial charge in [0, 0.05) is 18.7 Å². The largest absolute Gasteiger partial charge is 0.481 e. The van der Waals surface area contributed by atoms with Gasteiger partial charge in [0.25, 0.3) is 5.69 Å². The Morgan fingerprint density at radius 3 is 2.48 bits per heavy atom. The Kier molecular flexibility index (Phi) is 5.39. The van der Waals surface area contributed by atoms with Crippen LogP contribution in [0.3, 0.4) is 0 Å². The van der Waals surface area contributed by atoms with Crippen LogP contribution in [-0.2, 0) is 14.8 Å². The lowest BCUT2D eigenvalue weighted by atomic mass is 10.2. The number of rotatable bonds is 7. The summed E-state index contributed by atoms with van der Waals surface area (Å²) in [5.41, 5.74) is -0.529. The second-order valence-corrected chi connectivity index (χ2v) is 6.24. The number of nitro benzene ring substituents is 1. The summed E-state index contributed by atoms with van der Waals surface area (Å²) in [6.07, 6.45) is -0.381. The van der Waals surface area contributed by atoms with Crippen LogP contribution >= 0.6 is 0 Å². The van der Waals surface area contributed by atoms with Gasteiger partial charge in [0.2, 0.25) is 10.0 Å². The van der Waals surface area contributed by atoms with E-state index in [4.69, 9.17) is 5.11 Å². The molecule has 0 saturated heterocycles. The molecule has 0 bridgehead atoms. The molecule has 0 radical (unpaired) electrons. The topological polar surface area (TPSA) is 118 Å². The molecule has 0 aliphatic rings. The van der Waals surface area contributed by atoms with Crippen molar-refractivity contribution in [2.45, 2.75) is 31.2 Å². The Balaban J connectivity index is 3.32. The Morgan fingerprint density at radius 1 is 1.43 bits per heavy atom. The zero-order chi connectivity index (χ0) is 16.2. The van der Waals surface area contributed by atoms with Gasteiger partial charge >= 0.3 is 5.97 Å². The Morgan fingerprint density at radius 2 is 2.00 bits per heavy atom. The van der Waals surface area contributed by atoms with Gasteiger partial charge in [0.15, 0.2) is 4.90 Å². The monoisotopic (exact) mass is 316 g/mol. The quantitative estimate of drug-likeness (QED) is 0.601. The van der Waals surface area contributed by atoms with Gasteiger partial charge < -0.3 is 5.11 Å². The van der Waals surface area contributed by atoms with E-state index >= 15 is 0 Å². The minimum atomic E-state index is -4.14. The molecular weight excluding hydrogens is 300 g/mol. The van der Waals surface area contributed by atoms with E-state index in [0.29, 0.717) is 0 Å². The fraction of sp³-hybridized carbons (Fsp3) is 0.417. The van der Waals surface area contributed by atoms with Gasteiger partial charge in [-0.2, -0.15) is 4.31 Å². The molecule has 1 N–H and O–H groups in total. The SMILES string of the molecule is CCN(C(C)CC(=O)O)S(=O)(=O)c1ccccc1[N+](=O)[O-].